The van der Waals surface area contributed by atoms with Gasteiger partial charge in [0.05, 0.1) is 17.8 Å². The summed E-state index contributed by atoms with van der Waals surface area (Å²) in [7, 11) is 1.83. The van der Waals surface area contributed by atoms with Crippen LogP contribution in [0.5, 0.6) is 0 Å². The van der Waals surface area contributed by atoms with Gasteiger partial charge in [-0.25, -0.2) is 4.68 Å². The molecule has 0 aliphatic carbocycles. The Morgan fingerprint density at radius 3 is 2.62 bits per heavy atom. The standard InChI is InChI=1S/C28H28N4O2/c1-30(18-21-17-29-32(19-21)24-12-3-2-4-13-24)27(33)23-11-8-16-31(20-23)28(34)26-15-7-10-22-9-5-6-14-25(22)26/h2-7,9-10,12-15,17,19,23H,8,11,16,18,20H2,1H3/t23-/m1/s1. The molecule has 3 aromatic carbocycles. The molecule has 0 saturated carbocycles. The highest BCUT2D eigenvalue weighted by molar-refractivity contribution is 6.07. The van der Waals surface area contributed by atoms with Crippen molar-refractivity contribution in [3.63, 3.8) is 0 Å². The minimum absolute atomic E-state index is 0.00101. The van der Waals surface area contributed by atoms with Gasteiger partial charge in [0.25, 0.3) is 5.91 Å². The van der Waals surface area contributed by atoms with E-state index in [1.165, 1.54) is 0 Å². The number of piperidine rings is 1. The molecule has 1 aromatic heterocycles. The molecule has 34 heavy (non-hydrogen) atoms. The molecule has 1 saturated heterocycles. The van der Waals surface area contributed by atoms with Crippen molar-refractivity contribution < 1.29 is 9.59 Å². The van der Waals surface area contributed by atoms with Gasteiger partial charge >= 0.3 is 0 Å². The molecule has 0 N–H and O–H groups in total. The van der Waals surface area contributed by atoms with E-state index in [-0.39, 0.29) is 17.7 Å². The van der Waals surface area contributed by atoms with Crippen LogP contribution in [0.4, 0.5) is 0 Å². The van der Waals surface area contributed by atoms with E-state index in [0.29, 0.717) is 25.2 Å². The molecule has 0 bridgehead atoms. The van der Waals surface area contributed by atoms with Crippen LogP contribution in [0.25, 0.3) is 16.5 Å². The van der Waals surface area contributed by atoms with Gasteiger partial charge in [0, 0.05) is 44.0 Å². The van der Waals surface area contributed by atoms with Gasteiger partial charge in [0.1, 0.15) is 0 Å². The molecule has 1 atom stereocenters. The lowest BCUT2D eigenvalue weighted by molar-refractivity contribution is -0.136. The molecule has 1 aliphatic rings. The maximum Gasteiger partial charge on any atom is 0.254 e. The molecule has 5 rings (SSSR count). The van der Waals surface area contributed by atoms with Crippen molar-refractivity contribution in [2.24, 2.45) is 5.92 Å². The highest BCUT2D eigenvalue weighted by Crippen LogP contribution is 2.25. The first-order valence-electron chi connectivity index (χ1n) is 11.7. The van der Waals surface area contributed by atoms with Crippen molar-refractivity contribution in [2.45, 2.75) is 19.4 Å². The van der Waals surface area contributed by atoms with Crippen LogP contribution in [0.3, 0.4) is 0 Å². The number of hydrogen-bond donors (Lipinski definition) is 0. The van der Waals surface area contributed by atoms with E-state index in [1.807, 2.05) is 95.6 Å². The summed E-state index contributed by atoms with van der Waals surface area (Å²) in [6, 6.07) is 23.7. The van der Waals surface area contributed by atoms with E-state index in [1.54, 1.807) is 11.1 Å². The van der Waals surface area contributed by atoms with Crippen LogP contribution >= 0.6 is 0 Å². The highest BCUT2D eigenvalue weighted by Gasteiger charge is 2.31. The minimum Gasteiger partial charge on any atom is -0.341 e. The van der Waals surface area contributed by atoms with E-state index in [4.69, 9.17) is 0 Å². The second-order valence-electron chi connectivity index (χ2n) is 8.94. The molecule has 6 nitrogen and oxygen atoms in total. The van der Waals surface area contributed by atoms with Gasteiger partial charge in [0.2, 0.25) is 5.91 Å². The molecule has 0 radical (unpaired) electrons. The fraction of sp³-hybridized carbons (Fsp3) is 0.250. The zero-order valence-electron chi connectivity index (χ0n) is 19.3. The monoisotopic (exact) mass is 452 g/mol. The van der Waals surface area contributed by atoms with E-state index in [9.17, 15) is 9.59 Å². The number of carbonyl (C=O) groups is 2. The average Bonchev–Trinajstić information content (AvgIpc) is 3.36. The zero-order valence-corrected chi connectivity index (χ0v) is 19.3. The quantitative estimate of drug-likeness (QED) is 0.447. The van der Waals surface area contributed by atoms with Crippen molar-refractivity contribution in [1.29, 1.82) is 0 Å². The van der Waals surface area contributed by atoms with Crippen LogP contribution in [0.15, 0.2) is 85.2 Å². The van der Waals surface area contributed by atoms with E-state index >= 15 is 0 Å². The van der Waals surface area contributed by atoms with E-state index < -0.39 is 0 Å². The second-order valence-corrected chi connectivity index (χ2v) is 8.94. The van der Waals surface area contributed by atoms with Crippen molar-refractivity contribution in [2.75, 3.05) is 20.1 Å². The number of hydrogen-bond acceptors (Lipinski definition) is 3. The van der Waals surface area contributed by atoms with Crippen LogP contribution in [0.2, 0.25) is 0 Å². The normalized spacial score (nSPS) is 15.9. The van der Waals surface area contributed by atoms with Gasteiger partial charge in [-0.15, -0.1) is 0 Å². The Morgan fingerprint density at radius 1 is 1.00 bits per heavy atom. The summed E-state index contributed by atoms with van der Waals surface area (Å²) in [5.41, 5.74) is 2.66. The summed E-state index contributed by atoms with van der Waals surface area (Å²) in [6.45, 7) is 1.62. The van der Waals surface area contributed by atoms with Crippen LogP contribution in [0.1, 0.15) is 28.8 Å². The largest absolute Gasteiger partial charge is 0.341 e. The molecule has 0 spiro atoms. The molecule has 1 fully saturated rings. The molecular formula is C28H28N4O2. The predicted molar refractivity (Wildman–Crippen MR) is 133 cm³/mol. The Labute approximate surface area is 199 Å². The molecular weight excluding hydrogens is 424 g/mol. The summed E-state index contributed by atoms with van der Waals surface area (Å²) < 4.78 is 1.82. The Bertz CT molecular complexity index is 1310. The predicted octanol–water partition coefficient (Wildman–Crippen LogP) is 4.54. The third-order valence-electron chi connectivity index (χ3n) is 6.53. The van der Waals surface area contributed by atoms with Crippen molar-refractivity contribution in [3.05, 3.63) is 96.3 Å². The molecule has 0 unspecified atom stereocenters. The Kier molecular flexibility index (Phi) is 6.12. The molecule has 2 heterocycles. The number of aromatic nitrogens is 2. The van der Waals surface area contributed by atoms with Gasteiger partial charge in [0.15, 0.2) is 0 Å². The van der Waals surface area contributed by atoms with Gasteiger partial charge < -0.3 is 9.80 Å². The molecule has 4 aromatic rings. The molecule has 1 aliphatic heterocycles. The van der Waals surface area contributed by atoms with Crippen molar-refractivity contribution in [3.8, 4) is 5.69 Å². The fourth-order valence-electron chi connectivity index (χ4n) is 4.77. The average molecular weight is 453 g/mol. The van der Waals surface area contributed by atoms with Crippen LogP contribution in [0, 0.1) is 5.92 Å². The number of benzene rings is 3. The van der Waals surface area contributed by atoms with E-state index in [0.717, 1.165) is 34.9 Å². The maximum absolute atomic E-state index is 13.4. The molecule has 2 amide bonds. The first-order chi connectivity index (χ1) is 16.6. The van der Waals surface area contributed by atoms with Gasteiger partial charge in [-0.3, -0.25) is 9.59 Å². The lowest BCUT2D eigenvalue weighted by Crippen LogP contribution is -2.45. The molecule has 6 heteroatoms. The van der Waals surface area contributed by atoms with Gasteiger partial charge in [-0.2, -0.15) is 5.10 Å². The third kappa shape index (κ3) is 4.44. The van der Waals surface area contributed by atoms with Gasteiger partial charge in [-0.05, 0) is 41.8 Å². The summed E-state index contributed by atoms with van der Waals surface area (Å²) >= 11 is 0. The summed E-state index contributed by atoms with van der Waals surface area (Å²) in [5.74, 6) is -0.120. The molecule has 172 valence electrons. The van der Waals surface area contributed by atoms with Crippen molar-refractivity contribution in [1.82, 2.24) is 19.6 Å². The summed E-state index contributed by atoms with van der Waals surface area (Å²) in [6.07, 6.45) is 5.38. The zero-order chi connectivity index (χ0) is 23.5. The number of carbonyl (C=O) groups excluding carboxylic acids is 2. The number of rotatable bonds is 5. The lowest BCUT2D eigenvalue weighted by Gasteiger charge is -2.34. The SMILES string of the molecule is CN(Cc1cnn(-c2ccccc2)c1)C(=O)[C@@H]1CCCN(C(=O)c2cccc3ccccc23)C1. The third-order valence-corrected chi connectivity index (χ3v) is 6.53. The topological polar surface area (TPSA) is 58.4 Å². The number of amides is 2. The first-order valence-corrected chi connectivity index (χ1v) is 11.7. The van der Waals surface area contributed by atoms with E-state index in [2.05, 4.69) is 5.10 Å². The highest BCUT2D eigenvalue weighted by atomic mass is 16.2. The van der Waals surface area contributed by atoms with Crippen LogP contribution < -0.4 is 0 Å². The minimum atomic E-state index is -0.193. The summed E-state index contributed by atoms with van der Waals surface area (Å²) in [5, 5.41) is 6.44. The lowest BCUT2D eigenvalue weighted by atomic mass is 9.95. The van der Waals surface area contributed by atoms with Crippen LogP contribution in [-0.2, 0) is 11.3 Å². The Balaban J connectivity index is 1.26. The fourth-order valence-corrected chi connectivity index (χ4v) is 4.77. The van der Waals surface area contributed by atoms with Crippen LogP contribution in [-0.4, -0.2) is 51.5 Å². The Morgan fingerprint density at radius 2 is 1.76 bits per heavy atom. The summed E-state index contributed by atoms with van der Waals surface area (Å²) in [4.78, 5) is 30.2. The first kappa shape index (κ1) is 21.9. The van der Waals surface area contributed by atoms with Gasteiger partial charge in [-0.1, -0.05) is 54.6 Å². The second kappa shape index (κ2) is 9.51. The number of fused-ring (bicyclic) bond motifs is 1. The van der Waals surface area contributed by atoms with Crippen molar-refractivity contribution >= 4 is 22.6 Å². The number of nitrogens with zero attached hydrogens (tertiary/aromatic N) is 4. The maximum atomic E-state index is 13.4. The smallest absolute Gasteiger partial charge is 0.254 e. The number of para-hydroxylation sites is 1. The number of likely N-dealkylation sites (tertiary alicyclic amines) is 1. The Hall–Kier alpha value is -3.93.